The summed E-state index contributed by atoms with van der Waals surface area (Å²) in [5.41, 5.74) is 6.94. The third-order valence-corrected chi connectivity index (χ3v) is 4.12. The van der Waals surface area contributed by atoms with Crippen molar-refractivity contribution in [2.24, 2.45) is 5.73 Å². The highest BCUT2D eigenvalue weighted by Gasteiger charge is 2.11. The van der Waals surface area contributed by atoms with Gasteiger partial charge in [0.15, 0.2) is 0 Å². The average molecular weight is 307 g/mol. The van der Waals surface area contributed by atoms with E-state index in [2.05, 4.69) is 9.97 Å². The number of H-pyrrole nitrogens is 1. The number of nitrogens with one attached hydrogen (secondary N) is 1. The van der Waals surface area contributed by atoms with E-state index in [0.717, 1.165) is 5.56 Å². The molecule has 0 fully saturated rings. The molecular weight excluding hydrogens is 290 g/mol. The zero-order valence-corrected chi connectivity index (χ0v) is 12.4. The Labute approximate surface area is 125 Å². The first-order valence-corrected chi connectivity index (χ1v) is 7.69. The van der Waals surface area contributed by atoms with Gasteiger partial charge in [0.1, 0.15) is 11.9 Å². The fourth-order valence-electron chi connectivity index (χ4n) is 1.92. The average Bonchev–Trinajstić information content (AvgIpc) is 2.44. The summed E-state index contributed by atoms with van der Waals surface area (Å²) in [6.45, 7) is 1.91. The van der Waals surface area contributed by atoms with E-state index >= 15 is 0 Å². The lowest BCUT2D eigenvalue weighted by Crippen LogP contribution is -2.30. The van der Waals surface area contributed by atoms with Gasteiger partial charge >= 0.3 is 5.97 Å². The van der Waals surface area contributed by atoms with Gasteiger partial charge < -0.3 is 15.8 Å². The predicted octanol–water partition coefficient (Wildman–Crippen LogP) is 1.27. The summed E-state index contributed by atoms with van der Waals surface area (Å²) in [6, 6.07) is 4.65. The van der Waals surface area contributed by atoms with E-state index < -0.39 is 12.0 Å². The van der Waals surface area contributed by atoms with Crippen molar-refractivity contribution < 1.29 is 9.90 Å². The lowest BCUT2D eigenvalue weighted by Gasteiger charge is -2.07. The van der Waals surface area contributed by atoms with Crippen LogP contribution in [-0.2, 0) is 10.5 Å². The second-order valence-corrected chi connectivity index (χ2v) is 5.87. The molecule has 0 aliphatic heterocycles. The molecule has 0 bridgehead atoms. The van der Waals surface area contributed by atoms with Crippen LogP contribution in [0.15, 0.2) is 23.0 Å². The lowest BCUT2D eigenvalue weighted by molar-refractivity contribution is -0.138. The van der Waals surface area contributed by atoms with Crippen molar-refractivity contribution in [2.75, 3.05) is 5.75 Å². The Balaban J connectivity index is 2.05. The molecule has 7 heteroatoms. The van der Waals surface area contributed by atoms with Gasteiger partial charge in [0.2, 0.25) is 0 Å². The van der Waals surface area contributed by atoms with Crippen LogP contribution in [0.5, 0.6) is 0 Å². The number of para-hydroxylation sites is 1. The van der Waals surface area contributed by atoms with Crippen LogP contribution in [0.4, 0.5) is 0 Å². The predicted molar refractivity (Wildman–Crippen MR) is 83.5 cm³/mol. The first-order chi connectivity index (χ1) is 9.99. The number of nitrogens with zero attached hydrogens (tertiary/aromatic N) is 1. The highest BCUT2D eigenvalue weighted by molar-refractivity contribution is 7.98. The number of aryl methyl sites for hydroxylation is 1. The van der Waals surface area contributed by atoms with E-state index in [0.29, 0.717) is 34.7 Å². The highest BCUT2D eigenvalue weighted by atomic mass is 32.2. The minimum atomic E-state index is -0.997. The number of fused-ring (bicyclic) bond motifs is 1. The fourth-order valence-corrected chi connectivity index (χ4v) is 2.82. The molecule has 0 radical (unpaired) electrons. The zero-order valence-electron chi connectivity index (χ0n) is 11.6. The molecule has 1 unspecified atom stereocenters. The smallest absolute Gasteiger partial charge is 0.320 e. The van der Waals surface area contributed by atoms with Crippen LogP contribution in [0, 0.1) is 6.92 Å². The van der Waals surface area contributed by atoms with Crippen LogP contribution in [-0.4, -0.2) is 32.8 Å². The van der Waals surface area contributed by atoms with E-state index in [4.69, 9.17) is 10.8 Å². The summed E-state index contributed by atoms with van der Waals surface area (Å²) in [5.74, 6) is 0.716. The Morgan fingerprint density at radius 2 is 2.29 bits per heavy atom. The van der Waals surface area contributed by atoms with Gasteiger partial charge in [-0.15, -0.1) is 0 Å². The monoisotopic (exact) mass is 307 g/mol. The minimum Gasteiger partial charge on any atom is -0.480 e. The normalized spacial score (nSPS) is 12.5. The van der Waals surface area contributed by atoms with Gasteiger partial charge in [0.25, 0.3) is 5.56 Å². The van der Waals surface area contributed by atoms with Crippen LogP contribution in [0.2, 0.25) is 0 Å². The van der Waals surface area contributed by atoms with Gasteiger partial charge in [0.05, 0.1) is 16.7 Å². The first-order valence-electron chi connectivity index (χ1n) is 6.53. The number of benzene rings is 1. The number of carbonyl (C=O) groups is 1. The van der Waals surface area contributed by atoms with E-state index in [9.17, 15) is 9.59 Å². The summed E-state index contributed by atoms with van der Waals surface area (Å²) in [6.07, 6.45) is 0.386. The number of aliphatic carboxylic acids is 1. The maximum Gasteiger partial charge on any atom is 0.320 e. The number of thioether (sulfide) groups is 1. The van der Waals surface area contributed by atoms with Crippen molar-refractivity contribution in [1.82, 2.24) is 9.97 Å². The van der Waals surface area contributed by atoms with Crippen molar-refractivity contribution in [2.45, 2.75) is 25.1 Å². The third-order valence-electron chi connectivity index (χ3n) is 3.12. The van der Waals surface area contributed by atoms with Crippen LogP contribution in [0.1, 0.15) is 17.8 Å². The standard InChI is InChI=1S/C14H17N3O3S/c1-8-3-2-4-9-12(8)16-11(17-13(9)18)7-21-6-5-10(15)14(19)20/h2-4,10H,5-7,15H2,1H3,(H,19,20)(H,16,17,18). The minimum absolute atomic E-state index is 0.151. The van der Waals surface area contributed by atoms with Gasteiger partial charge in [-0.3, -0.25) is 9.59 Å². The number of carboxylic acids is 1. The van der Waals surface area contributed by atoms with Gasteiger partial charge in [-0.1, -0.05) is 12.1 Å². The molecule has 2 aromatic rings. The Bertz CT molecular complexity index is 714. The molecule has 1 heterocycles. The Morgan fingerprint density at radius 1 is 1.52 bits per heavy atom. The van der Waals surface area contributed by atoms with E-state index in [1.807, 2.05) is 19.1 Å². The van der Waals surface area contributed by atoms with Crippen LogP contribution in [0.3, 0.4) is 0 Å². The topological polar surface area (TPSA) is 109 Å². The third kappa shape index (κ3) is 3.83. The van der Waals surface area contributed by atoms with Gasteiger partial charge in [-0.05, 0) is 30.7 Å². The second kappa shape index (κ2) is 6.73. The van der Waals surface area contributed by atoms with Crippen molar-refractivity contribution in [1.29, 1.82) is 0 Å². The first kappa shape index (κ1) is 15.5. The van der Waals surface area contributed by atoms with Crippen LogP contribution < -0.4 is 11.3 Å². The molecule has 0 saturated heterocycles. The number of rotatable bonds is 6. The summed E-state index contributed by atoms with van der Waals surface area (Å²) < 4.78 is 0. The van der Waals surface area contributed by atoms with Gasteiger partial charge in [0, 0.05) is 0 Å². The number of aromatic nitrogens is 2. The van der Waals surface area contributed by atoms with Crippen LogP contribution in [0.25, 0.3) is 10.9 Å². The van der Waals surface area contributed by atoms with Crippen molar-refractivity contribution in [3.8, 4) is 0 Å². The summed E-state index contributed by atoms with van der Waals surface area (Å²) in [4.78, 5) is 29.8. The Kier molecular flexibility index (Phi) is 4.98. The van der Waals surface area contributed by atoms with Gasteiger partial charge in [-0.2, -0.15) is 11.8 Å². The molecule has 21 heavy (non-hydrogen) atoms. The SMILES string of the molecule is Cc1cccc2c(=O)[nH]c(CSCCC(N)C(=O)O)nc12. The van der Waals surface area contributed by atoms with Crippen molar-refractivity contribution in [3.63, 3.8) is 0 Å². The lowest BCUT2D eigenvalue weighted by atomic mass is 10.1. The summed E-state index contributed by atoms with van der Waals surface area (Å²) >= 11 is 1.50. The molecule has 0 aliphatic carbocycles. The number of nitrogens with two attached hydrogens (primary N) is 1. The van der Waals surface area contributed by atoms with E-state index in [1.165, 1.54) is 11.8 Å². The van der Waals surface area contributed by atoms with E-state index in [-0.39, 0.29) is 5.56 Å². The molecule has 2 rings (SSSR count). The molecule has 0 saturated carbocycles. The quantitative estimate of drug-likeness (QED) is 0.693. The number of hydrogen-bond donors (Lipinski definition) is 3. The fraction of sp³-hybridized carbons (Fsp3) is 0.357. The van der Waals surface area contributed by atoms with Crippen LogP contribution >= 0.6 is 11.8 Å². The van der Waals surface area contributed by atoms with Crippen molar-refractivity contribution >= 4 is 28.6 Å². The molecule has 1 atom stereocenters. The maximum atomic E-state index is 12.0. The summed E-state index contributed by atoms with van der Waals surface area (Å²) in [5, 5.41) is 9.27. The molecule has 1 aromatic carbocycles. The molecule has 1 aromatic heterocycles. The number of carboxylic acid groups (broad SMARTS) is 1. The molecule has 0 spiro atoms. The number of hydrogen-bond acceptors (Lipinski definition) is 5. The molecule has 4 N–H and O–H groups in total. The molecule has 0 amide bonds. The molecule has 112 valence electrons. The Hall–Kier alpha value is -1.86. The second-order valence-electron chi connectivity index (χ2n) is 4.77. The van der Waals surface area contributed by atoms with Crippen molar-refractivity contribution in [3.05, 3.63) is 39.9 Å². The Morgan fingerprint density at radius 3 is 3.00 bits per heavy atom. The molecular formula is C14H17N3O3S. The molecule has 6 nitrogen and oxygen atoms in total. The van der Waals surface area contributed by atoms with E-state index in [1.54, 1.807) is 6.07 Å². The number of aromatic amines is 1. The van der Waals surface area contributed by atoms with Gasteiger partial charge in [-0.25, -0.2) is 4.98 Å². The zero-order chi connectivity index (χ0) is 15.4. The molecule has 0 aliphatic rings. The maximum absolute atomic E-state index is 12.0. The largest absolute Gasteiger partial charge is 0.480 e. The highest BCUT2D eigenvalue weighted by Crippen LogP contribution is 2.15. The summed E-state index contributed by atoms with van der Waals surface area (Å²) in [7, 11) is 0.